The molecule has 1 aromatic rings. The van der Waals surface area contributed by atoms with Gasteiger partial charge in [0.15, 0.2) is 0 Å². The zero-order valence-electron chi connectivity index (χ0n) is 10.3. The molecule has 2 fully saturated rings. The first kappa shape index (κ1) is 11.2. The van der Waals surface area contributed by atoms with Crippen LogP contribution in [0, 0.1) is 5.92 Å². The van der Waals surface area contributed by atoms with Crippen molar-refractivity contribution in [1.29, 1.82) is 0 Å². The normalized spacial score (nSPS) is 23.5. The third-order valence-electron chi connectivity index (χ3n) is 3.92. The Morgan fingerprint density at radius 3 is 2.82 bits per heavy atom. The number of rotatable bonds is 4. The predicted molar refractivity (Wildman–Crippen MR) is 68.8 cm³/mol. The van der Waals surface area contributed by atoms with Crippen LogP contribution in [0.3, 0.4) is 0 Å². The van der Waals surface area contributed by atoms with E-state index < -0.39 is 0 Å². The smallest absolute Gasteiger partial charge is 0.0367 e. The molecule has 1 atom stereocenters. The zero-order chi connectivity index (χ0) is 11.5. The fraction of sp³-hybridized carbons (Fsp3) is 0.643. The van der Waals surface area contributed by atoms with Gasteiger partial charge < -0.3 is 5.32 Å². The van der Waals surface area contributed by atoms with Gasteiger partial charge in [0.05, 0.1) is 0 Å². The van der Waals surface area contributed by atoms with Gasteiger partial charge in [0, 0.05) is 44.6 Å². The molecule has 0 aromatic carbocycles. The summed E-state index contributed by atoms with van der Waals surface area (Å²) < 4.78 is 0. The Kier molecular flexibility index (Phi) is 3.39. The van der Waals surface area contributed by atoms with Crippen LogP contribution in [-0.2, 0) is 0 Å². The van der Waals surface area contributed by atoms with Crippen molar-refractivity contribution < 1.29 is 0 Å². The molecular formula is C14H21N3. The summed E-state index contributed by atoms with van der Waals surface area (Å²) in [6.07, 6.45) is 8.11. The highest BCUT2D eigenvalue weighted by Crippen LogP contribution is 2.39. The lowest BCUT2D eigenvalue weighted by molar-refractivity contribution is 0.160. The number of nitrogens with one attached hydrogen (secondary N) is 1. The van der Waals surface area contributed by atoms with Gasteiger partial charge in [-0.25, -0.2) is 0 Å². The summed E-state index contributed by atoms with van der Waals surface area (Å²) in [6, 6.07) is 4.90. The number of hydrogen-bond acceptors (Lipinski definition) is 3. The number of aromatic nitrogens is 1. The monoisotopic (exact) mass is 231 g/mol. The van der Waals surface area contributed by atoms with E-state index in [-0.39, 0.29) is 0 Å². The Morgan fingerprint density at radius 1 is 1.35 bits per heavy atom. The second-order valence-corrected chi connectivity index (χ2v) is 5.27. The third kappa shape index (κ3) is 2.85. The van der Waals surface area contributed by atoms with Gasteiger partial charge in [-0.05, 0) is 24.0 Å². The van der Waals surface area contributed by atoms with Crippen molar-refractivity contribution in [2.45, 2.75) is 25.3 Å². The van der Waals surface area contributed by atoms with E-state index in [0.717, 1.165) is 19.0 Å². The molecular weight excluding hydrogens is 210 g/mol. The maximum Gasteiger partial charge on any atom is 0.0367 e. The Labute approximate surface area is 103 Å². The van der Waals surface area contributed by atoms with Crippen LogP contribution in [0.1, 0.15) is 30.9 Å². The van der Waals surface area contributed by atoms with Gasteiger partial charge >= 0.3 is 0 Å². The topological polar surface area (TPSA) is 28.2 Å². The molecule has 0 spiro atoms. The molecule has 1 N–H and O–H groups in total. The summed E-state index contributed by atoms with van der Waals surface area (Å²) in [7, 11) is 0. The molecule has 0 amide bonds. The van der Waals surface area contributed by atoms with Crippen molar-refractivity contribution in [3.8, 4) is 0 Å². The van der Waals surface area contributed by atoms with E-state index in [9.17, 15) is 0 Å². The van der Waals surface area contributed by atoms with E-state index in [1.54, 1.807) is 0 Å². The quantitative estimate of drug-likeness (QED) is 0.857. The lowest BCUT2D eigenvalue weighted by Crippen LogP contribution is -2.45. The van der Waals surface area contributed by atoms with Crippen LogP contribution in [0.2, 0.25) is 0 Å². The largest absolute Gasteiger partial charge is 0.314 e. The van der Waals surface area contributed by atoms with Crippen molar-refractivity contribution in [2.24, 2.45) is 5.92 Å². The summed E-state index contributed by atoms with van der Waals surface area (Å²) >= 11 is 0. The highest BCUT2D eigenvalue weighted by Gasteiger charge is 2.30. The van der Waals surface area contributed by atoms with Crippen LogP contribution < -0.4 is 5.32 Å². The molecule has 0 unspecified atom stereocenters. The minimum absolute atomic E-state index is 0.596. The van der Waals surface area contributed by atoms with Crippen molar-refractivity contribution in [1.82, 2.24) is 15.2 Å². The van der Waals surface area contributed by atoms with Gasteiger partial charge in [0.25, 0.3) is 0 Å². The summed E-state index contributed by atoms with van der Waals surface area (Å²) in [4.78, 5) is 6.92. The van der Waals surface area contributed by atoms with E-state index in [0.29, 0.717) is 6.04 Å². The SMILES string of the molecule is c1cncc([C@@H](CC2CC2)N2CCNCC2)c1. The molecule has 3 heteroatoms. The number of hydrogen-bond donors (Lipinski definition) is 1. The predicted octanol–water partition coefficient (Wildman–Crippen LogP) is 1.83. The lowest BCUT2D eigenvalue weighted by Gasteiger charge is -2.35. The van der Waals surface area contributed by atoms with Crippen molar-refractivity contribution in [3.05, 3.63) is 30.1 Å². The van der Waals surface area contributed by atoms with Crippen LogP contribution in [0.4, 0.5) is 0 Å². The van der Waals surface area contributed by atoms with Gasteiger partial charge in [-0.1, -0.05) is 18.9 Å². The average molecular weight is 231 g/mol. The van der Waals surface area contributed by atoms with E-state index in [2.05, 4.69) is 33.5 Å². The van der Waals surface area contributed by atoms with Crippen molar-refractivity contribution >= 4 is 0 Å². The first-order valence-electron chi connectivity index (χ1n) is 6.78. The van der Waals surface area contributed by atoms with Crippen LogP contribution in [-0.4, -0.2) is 36.1 Å². The van der Waals surface area contributed by atoms with E-state index in [1.165, 1.54) is 37.9 Å². The van der Waals surface area contributed by atoms with E-state index >= 15 is 0 Å². The van der Waals surface area contributed by atoms with Gasteiger partial charge in [0.1, 0.15) is 0 Å². The number of pyridine rings is 1. The Balaban J connectivity index is 1.75. The lowest BCUT2D eigenvalue weighted by atomic mass is 10.0. The molecule has 1 saturated carbocycles. The molecule has 2 heterocycles. The molecule has 92 valence electrons. The fourth-order valence-corrected chi connectivity index (χ4v) is 2.73. The molecule has 0 bridgehead atoms. The molecule has 3 nitrogen and oxygen atoms in total. The molecule has 2 aliphatic rings. The first-order valence-corrected chi connectivity index (χ1v) is 6.78. The first-order chi connectivity index (χ1) is 8.43. The Hall–Kier alpha value is -0.930. The number of piperazine rings is 1. The third-order valence-corrected chi connectivity index (χ3v) is 3.92. The van der Waals surface area contributed by atoms with Crippen molar-refractivity contribution in [2.75, 3.05) is 26.2 Å². The minimum atomic E-state index is 0.596. The Morgan fingerprint density at radius 2 is 2.18 bits per heavy atom. The zero-order valence-corrected chi connectivity index (χ0v) is 10.3. The average Bonchev–Trinajstić information content (AvgIpc) is 3.22. The molecule has 1 aliphatic carbocycles. The maximum atomic E-state index is 4.29. The van der Waals surface area contributed by atoms with Crippen LogP contribution in [0.5, 0.6) is 0 Å². The Bertz CT molecular complexity index is 342. The highest BCUT2D eigenvalue weighted by molar-refractivity contribution is 5.15. The maximum absolute atomic E-state index is 4.29. The molecule has 1 aliphatic heterocycles. The van der Waals surface area contributed by atoms with Gasteiger partial charge in [-0.3, -0.25) is 9.88 Å². The summed E-state index contributed by atoms with van der Waals surface area (Å²) in [5.74, 6) is 0.968. The molecule has 17 heavy (non-hydrogen) atoms. The molecule has 1 aromatic heterocycles. The van der Waals surface area contributed by atoms with Crippen LogP contribution in [0.15, 0.2) is 24.5 Å². The van der Waals surface area contributed by atoms with E-state index in [1.807, 2.05) is 6.20 Å². The molecule has 0 radical (unpaired) electrons. The van der Waals surface area contributed by atoms with E-state index in [4.69, 9.17) is 0 Å². The number of nitrogens with zero attached hydrogens (tertiary/aromatic N) is 2. The second-order valence-electron chi connectivity index (χ2n) is 5.27. The summed E-state index contributed by atoms with van der Waals surface area (Å²) in [5.41, 5.74) is 1.40. The summed E-state index contributed by atoms with van der Waals surface area (Å²) in [5, 5.41) is 3.43. The fourth-order valence-electron chi connectivity index (χ4n) is 2.73. The molecule has 1 saturated heterocycles. The van der Waals surface area contributed by atoms with Gasteiger partial charge in [-0.2, -0.15) is 0 Å². The van der Waals surface area contributed by atoms with Crippen molar-refractivity contribution in [3.63, 3.8) is 0 Å². The van der Waals surface area contributed by atoms with Gasteiger partial charge in [0.2, 0.25) is 0 Å². The van der Waals surface area contributed by atoms with Crippen LogP contribution >= 0.6 is 0 Å². The standard InChI is InChI=1S/C14H21N3/c1-2-13(11-16-5-1)14(10-12-3-4-12)17-8-6-15-7-9-17/h1-2,5,11-12,14-15H,3-4,6-10H2/t14-/m1/s1. The van der Waals surface area contributed by atoms with Gasteiger partial charge in [-0.15, -0.1) is 0 Å². The second kappa shape index (κ2) is 5.15. The minimum Gasteiger partial charge on any atom is -0.314 e. The summed E-state index contributed by atoms with van der Waals surface area (Å²) in [6.45, 7) is 4.60. The molecule has 3 rings (SSSR count). The van der Waals surface area contributed by atoms with Crippen LogP contribution in [0.25, 0.3) is 0 Å². The highest BCUT2D eigenvalue weighted by atomic mass is 15.2.